The molecule has 1 aromatic heterocycles. The molecule has 1 aliphatic rings. The SMILES string of the molecule is Cc1nc2cc(F)ccc2cc1C(=O)NC(C)(CN)C1CC1. The monoisotopic (exact) mass is 301 g/mol. The first-order chi connectivity index (χ1) is 10.4. The van der Waals surface area contributed by atoms with Crippen molar-refractivity contribution in [2.24, 2.45) is 11.7 Å². The van der Waals surface area contributed by atoms with Crippen LogP contribution in [0.25, 0.3) is 10.9 Å². The smallest absolute Gasteiger partial charge is 0.253 e. The molecule has 1 amide bonds. The van der Waals surface area contributed by atoms with Crippen LogP contribution in [0.1, 0.15) is 35.8 Å². The maximum atomic E-state index is 13.3. The van der Waals surface area contributed by atoms with Crippen LogP contribution < -0.4 is 11.1 Å². The highest BCUT2D eigenvalue weighted by atomic mass is 19.1. The number of aromatic nitrogens is 1. The van der Waals surface area contributed by atoms with E-state index < -0.39 is 0 Å². The predicted octanol–water partition coefficient (Wildman–Crippen LogP) is 2.54. The Kier molecular flexibility index (Phi) is 3.60. The fourth-order valence-electron chi connectivity index (χ4n) is 2.83. The summed E-state index contributed by atoms with van der Waals surface area (Å²) in [7, 11) is 0. The van der Waals surface area contributed by atoms with Crippen LogP contribution >= 0.6 is 0 Å². The number of nitrogens with two attached hydrogens (primary N) is 1. The Hall–Kier alpha value is -2.01. The summed E-state index contributed by atoms with van der Waals surface area (Å²) in [5, 5.41) is 3.81. The molecule has 22 heavy (non-hydrogen) atoms. The zero-order valence-corrected chi connectivity index (χ0v) is 12.8. The summed E-state index contributed by atoms with van der Waals surface area (Å²) < 4.78 is 13.3. The molecule has 3 N–H and O–H groups in total. The topological polar surface area (TPSA) is 68.0 Å². The number of amides is 1. The van der Waals surface area contributed by atoms with Crippen molar-refractivity contribution in [1.29, 1.82) is 0 Å². The molecule has 0 saturated heterocycles. The van der Waals surface area contributed by atoms with Crippen LogP contribution in [0.3, 0.4) is 0 Å². The average Bonchev–Trinajstić information content (AvgIpc) is 3.31. The molecule has 1 heterocycles. The third-order valence-electron chi connectivity index (χ3n) is 4.52. The number of aryl methyl sites for hydroxylation is 1. The second-order valence-electron chi connectivity index (χ2n) is 6.31. The van der Waals surface area contributed by atoms with Crippen LogP contribution in [-0.2, 0) is 0 Å². The van der Waals surface area contributed by atoms with E-state index in [4.69, 9.17) is 5.73 Å². The van der Waals surface area contributed by atoms with Gasteiger partial charge in [0.15, 0.2) is 0 Å². The van der Waals surface area contributed by atoms with Gasteiger partial charge in [-0.3, -0.25) is 9.78 Å². The second kappa shape index (κ2) is 5.32. The van der Waals surface area contributed by atoms with E-state index in [1.165, 1.54) is 12.1 Å². The molecular formula is C17H20FN3O. The van der Waals surface area contributed by atoms with Crippen LogP contribution in [0.15, 0.2) is 24.3 Å². The van der Waals surface area contributed by atoms with Crippen LogP contribution in [-0.4, -0.2) is 23.0 Å². The largest absolute Gasteiger partial charge is 0.345 e. The molecule has 5 heteroatoms. The Labute approximate surface area is 128 Å². The van der Waals surface area contributed by atoms with Crippen molar-refractivity contribution < 1.29 is 9.18 Å². The zero-order valence-electron chi connectivity index (χ0n) is 12.8. The number of pyridine rings is 1. The summed E-state index contributed by atoms with van der Waals surface area (Å²) >= 11 is 0. The predicted molar refractivity (Wildman–Crippen MR) is 84.1 cm³/mol. The maximum Gasteiger partial charge on any atom is 0.253 e. The van der Waals surface area contributed by atoms with Gasteiger partial charge in [0, 0.05) is 18.0 Å². The van der Waals surface area contributed by atoms with E-state index in [0.29, 0.717) is 29.2 Å². The van der Waals surface area contributed by atoms with Gasteiger partial charge in [0.2, 0.25) is 0 Å². The van der Waals surface area contributed by atoms with Crippen LogP contribution in [0, 0.1) is 18.7 Å². The van der Waals surface area contributed by atoms with E-state index >= 15 is 0 Å². The van der Waals surface area contributed by atoms with Crippen molar-refractivity contribution >= 4 is 16.8 Å². The maximum absolute atomic E-state index is 13.3. The molecule has 3 rings (SSSR count). The Morgan fingerprint density at radius 1 is 1.45 bits per heavy atom. The van der Waals surface area contributed by atoms with Gasteiger partial charge in [0.25, 0.3) is 5.91 Å². The van der Waals surface area contributed by atoms with E-state index in [1.54, 1.807) is 19.1 Å². The van der Waals surface area contributed by atoms with Gasteiger partial charge in [0.05, 0.1) is 22.3 Å². The van der Waals surface area contributed by atoms with E-state index in [1.807, 2.05) is 6.92 Å². The molecule has 2 aromatic rings. The molecule has 1 unspecified atom stereocenters. The highest BCUT2D eigenvalue weighted by Crippen LogP contribution is 2.39. The molecule has 1 atom stereocenters. The number of hydrogen-bond acceptors (Lipinski definition) is 3. The summed E-state index contributed by atoms with van der Waals surface area (Å²) in [6.07, 6.45) is 2.20. The quantitative estimate of drug-likeness (QED) is 0.912. The number of carbonyl (C=O) groups excluding carboxylic acids is 1. The van der Waals surface area contributed by atoms with Gasteiger partial charge in [-0.15, -0.1) is 0 Å². The lowest BCUT2D eigenvalue weighted by molar-refractivity contribution is 0.0897. The lowest BCUT2D eigenvalue weighted by Crippen LogP contribution is -2.53. The average molecular weight is 301 g/mol. The van der Waals surface area contributed by atoms with Crippen LogP contribution in [0.2, 0.25) is 0 Å². The minimum atomic E-state index is -0.374. The molecule has 0 bridgehead atoms. The Morgan fingerprint density at radius 2 is 2.18 bits per heavy atom. The highest BCUT2D eigenvalue weighted by Gasteiger charge is 2.41. The van der Waals surface area contributed by atoms with Gasteiger partial charge in [-0.05, 0) is 50.8 Å². The van der Waals surface area contributed by atoms with E-state index in [9.17, 15) is 9.18 Å². The zero-order chi connectivity index (χ0) is 15.9. The fourth-order valence-corrected chi connectivity index (χ4v) is 2.83. The van der Waals surface area contributed by atoms with Crippen molar-refractivity contribution in [3.8, 4) is 0 Å². The third-order valence-corrected chi connectivity index (χ3v) is 4.52. The summed E-state index contributed by atoms with van der Waals surface area (Å²) in [5.41, 5.74) is 7.13. The molecule has 1 fully saturated rings. The molecular weight excluding hydrogens is 281 g/mol. The Balaban J connectivity index is 1.93. The van der Waals surface area contributed by atoms with Crippen molar-refractivity contribution in [3.63, 3.8) is 0 Å². The third kappa shape index (κ3) is 2.68. The Bertz CT molecular complexity index is 742. The number of rotatable bonds is 4. The highest BCUT2D eigenvalue weighted by molar-refractivity contribution is 5.99. The van der Waals surface area contributed by atoms with Crippen molar-refractivity contribution in [1.82, 2.24) is 10.3 Å². The van der Waals surface area contributed by atoms with Crippen molar-refractivity contribution in [2.45, 2.75) is 32.2 Å². The molecule has 0 aliphatic heterocycles. The lowest BCUT2D eigenvalue weighted by atomic mass is 9.95. The van der Waals surface area contributed by atoms with E-state index in [-0.39, 0.29) is 17.3 Å². The van der Waals surface area contributed by atoms with Gasteiger partial charge in [-0.25, -0.2) is 4.39 Å². The summed E-state index contributed by atoms with van der Waals surface area (Å²) in [4.78, 5) is 16.9. The lowest BCUT2D eigenvalue weighted by Gasteiger charge is -2.29. The minimum absolute atomic E-state index is 0.170. The molecule has 116 valence electrons. The minimum Gasteiger partial charge on any atom is -0.345 e. The van der Waals surface area contributed by atoms with Gasteiger partial charge in [0.1, 0.15) is 5.82 Å². The van der Waals surface area contributed by atoms with Gasteiger partial charge < -0.3 is 11.1 Å². The van der Waals surface area contributed by atoms with Crippen LogP contribution in [0.5, 0.6) is 0 Å². The number of benzene rings is 1. The Morgan fingerprint density at radius 3 is 2.82 bits per heavy atom. The number of halogens is 1. The first-order valence-corrected chi connectivity index (χ1v) is 7.52. The van der Waals surface area contributed by atoms with Gasteiger partial charge in [-0.1, -0.05) is 0 Å². The summed E-state index contributed by atoms with van der Waals surface area (Å²) in [6, 6.07) is 6.14. The number of hydrogen-bond donors (Lipinski definition) is 2. The molecule has 4 nitrogen and oxygen atoms in total. The number of fused-ring (bicyclic) bond motifs is 1. The second-order valence-corrected chi connectivity index (χ2v) is 6.31. The van der Waals surface area contributed by atoms with Crippen LogP contribution in [0.4, 0.5) is 4.39 Å². The molecule has 1 aromatic carbocycles. The molecule has 1 saturated carbocycles. The van der Waals surface area contributed by atoms with Crippen molar-refractivity contribution in [2.75, 3.05) is 6.54 Å². The first-order valence-electron chi connectivity index (χ1n) is 7.52. The molecule has 0 spiro atoms. The molecule has 1 aliphatic carbocycles. The molecule has 0 radical (unpaired) electrons. The normalized spacial score (nSPS) is 17.3. The van der Waals surface area contributed by atoms with Gasteiger partial charge in [-0.2, -0.15) is 0 Å². The summed E-state index contributed by atoms with van der Waals surface area (Å²) in [5.74, 6) is -0.0543. The summed E-state index contributed by atoms with van der Waals surface area (Å²) in [6.45, 7) is 4.16. The fraction of sp³-hybridized carbons (Fsp3) is 0.412. The van der Waals surface area contributed by atoms with Gasteiger partial charge >= 0.3 is 0 Å². The van der Waals surface area contributed by atoms with E-state index in [0.717, 1.165) is 18.2 Å². The number of carbonyl (C=O) groups is 1. The van der Waals surface area contributed by atoms with Crippen molar-refractivity contribution in [3.05, 3.63) is 41.3 Å². The standard InChI is InChI=1S/C17H20FN3O/c1-10-14(7-11-3-6-13(18)8-15(11)20-10)16(22)21-17(2,9-19)12-4-5-12/h3,6-8,12H,4-5,9,19H2,1-2H3,(H,21,22). The number of nitrogens with one attached hydrogen (secondary N) is 1. The van der Waals surface area contributed by atoms with E-state index in [2.05, 4.69) is 10.3 Å². The first kappa shape index (κ1) is 14.9. The number of nitrogens with zero attached hydrogens (tertiary/aromatic N) is 1.